The Kier molecular flexibility index (Phi) is 4.28. The summed E-state index contributed by atoms with van der Waals surface area (Å²) in [6.45, 7) is 1.07. The van der Waals surface area contributed by atoms with Gasteiger partial charge in [-0.15, -0.1) is 0 Å². The molecule has 0 saturated heterocycles. The predicted octanol–water partition coefficient (Wildman–Crippen LogP) is 2.45. The number of nitrogens with one attached hydrogen (secondary N) is 1. The molecule has 0 bridgehead atoms. The van der Waals surface area contributed by atoms with E-state index in [1.165, 1.54) is 10.9 Å². The highest BCUT2D eigenvalue weighted by Crippen LogP contribution is 2.20. The number of nitrogens with zero attached hydrogens (tertiary/aromatic N) is 2. The summed E-state index contributed by atoms with van der Waals surface area (Å²) in [5.41, 5.74) is 2.32. The van der Waals surface area contributed by atoms with Gasteiger partial charge in [0.15, 0.2) is 0 Å². The Hall–Kier alpha value is -1.45. The van der Waals surface area contributed by atoms with Gasteiger partial charge in [-0.25, -0.2) is 0 Å². The Morgan fingerprint density at radius 1 is 1.28 bits per heavy atom. The molecule has 3 nitrogen and oxygen atoms in total. The minimum atomic E-state index is 0.365. The van der Waals surface area contributed by atoms with Gasteiger partial charge in [0.1, 0.15) is 0 Å². The van der Waals surface area contributed by atoms with E-state index >= 15 is 0 Å². The van der Waals surface area contributed by atoms with Gasteiger partial charge in [-0.3, -0.25) is 4.98 Å². The van der Waals surface area contributed by atoms with Crippen LogP contribution in [0.3, 0.4) is 0 Å². The number of fused-ring (bicyclic) bond motifs is 1. The first kappa shape index (κ1) is 13.0. The molecule has 1 N–H and O–H groups in total. The third kappa shape index (κ3) is 3.06. The summed E-state index contributed by atoms with van der Waals surface area (Å²) in [5, 5.41) is 4.58. The van der Waals surface area contributed by atoms with Crippen LogP contribution in [0.2, 0.25) is 0 Å². The van der Waals surface area contributed by atoms with E-state index in [9.17, 15) is 0 Å². The van der Waals surface area contributed by atoms with Crippen molar-refractivity contribution in [3.05, 3.63) is 42.1 Å². The standard InChI is InChI=1S/C15H21N3/c1-16-14(8-9-18(2)3)13-10-12-6-4-5-7-15(12)17-11-13/h4-7,10-11,14,16H,8-9H2,1-3H3. The number of hydrogen-bond acceptors (Lipinski definition) is 3. The largest absolute Gasteiger partial charge is 0.313 e. The molecule has 3 heteroatoms. The van der Waals surface area contributed by atoms with Crippen LogP contribution in [-0.2, 0) is 0 Å². The molecule has 18 heavy (non-hydrogen) atoms. The fourth-order valence-corrected chi connectivity index (χ4v) is 2.14. The Labute approximate surface area is 109 Å². The molecule has 1 unspecified atom stereocenters. The van der Waals surface area contributed by atoms with Crippen molar-refractivity contribution in [3.63, 3.8) is 0 Å². The van der Waals surface area contributed by atoms with E-state index in [1.807, 2.05) is 25.4 Å². The summed E-state index contributed by atoms with van der Waals surface area (Å²) in [6, 6.07) is 10.8. The number of para-hydroxylation sites is 1. The normalized spacial score (nSPS) is 13.1. The first-order valence-electron chi connectivity index (χ1n) is 6.37. The zero-order chi connectivity index (χ0) is 13.0. The summed E-state index contributed by atoms with van der Waals surface area (Å²) < 4.78 is 0. The van der Waals surface area contributed by atoms with Crippen molar-refractivity contribution < 1.29 is 0 Å². The van der Waals surface area contributed by atoms with E-state index in [1.54, 1.807) is 0 Å². The van der Waals surface area contributed by atoms with Crippen LogP contribution in [0, 0.1) is 0 Å². The van der Waals surface area contributed by atoms with Crippen molar-refractivity contribution >= 4 is 10.9 Å². The minimum absolute atomic E-state index is 0.365. The lowest BCUT2D eigenvalue weighted by molar-refractivity contribution is 0.368. The van der Waals surface area contributed by atoms with Gasteiger partial charge >= 0.3 is 0 Å². The highest BCUT2D eigenvalue weighted by molar-refractivity contribution is 5.78. The monoisotopic (exact) mass is 243 g/mol. The van der Waals surface area contributed by atoms with Crippen LogP contribution in [0.5, 0.6) is 0 Å². The Bertz CT molecular complexity index is 508. The molecule has 0 fully saturated rings. The fourth-order valence-electron chi connectivity index (χ4n) is 2.14. The maximum absolute atomic E-state index is 4.52. The molecule has 0 saturated carbocycles. The van der Waals surface area contributed by atoms with Crippen LogP contribution in [0.15, 0.2) is 36.5 Å². The lowest BCUT2D eigenvalue weighted by Gasteiger charge is -2.19. The zero-order valence-electron chi connectivity index (χ0n) is 11.4. The number of hydrogen-bond donors (Lipinski definition) is 1. The molecule has 0 radical (unpaired) electrons. The summed E-state index contributed by atoms with van der Waals surface area (Å²) in [7, 11) is 6.21. The smallest absolute Gasteiger partial charge is 0.0702 e. The fraction of sp³-hybridized carbons (Fsp3) is 0.400. The first-order chi connectivity index (χ1) is 8.70. The Morgan fingerprint density at radius 3 is 2.78 bits per heavy atom. The second kappa shape index (κ2) is 5.94. The van der Waals surface area contributed by atoms with Gasteiger partial charge in [-0.05, 0) is 51.8 Å². The lowest BCUT2D eigenvalue weighted by atomic mass is 10.0. The summed E-state index contributed by atoms with van der Waals surface area (Å²) in [6.07, 6.45) is 3.07. The van der Waals surface area contributed by atoms with E-state index in [4.69, 9.17) is 0 Å². The van der Waals surface area contributed by atoms with E-state index in [2.05, 4.69) is 47.5 Å². The van der Waals surface area contributed by atoms with Gasteiger partial charge in [0.25, 0.3) is 0 Å². The molecule has 1 aromatic carbocycles. The SMILES string of the molecule is CNC(CCN(C)C)c1cnc2ccccc2c1. The molecule has 96 valence electrons. The molecule has 1 aromatic heterocycles. The van der Waals surface area contributed by atoms with Crippen LogP contribution in [0.25, 0.3) is 10.9 Å². The van der Waals surface area contributed by atoms with Crippen molar-refractivity contribution in [1.82, 2.24) is 15.2 Å². The quantitative estimate of drug-likeness (QED) is 0.874. The van der Waals surface area contributed by atoms with Crippen molar-refractivity contribution in [1.29, 1.82) is 0 Å². The molecule has 0 amide bonds. The van der Waals surface area contributed by atoms with E-state index in [0.29, 0.717) is 6.04 Å². The second-order valence-corrected chi connectivity index (χ2v) is 4.89. The summed E-state index contributed by atoms with van der Waals surface area (Å²) in [4.78, 5) is 6.73. The van der Waals surface area contributed by atoms with Crippen LogP contribution in [0.4, 0.5) is 0 Å². The van der Waals surface area contributed by atoms with Gasteiger partial charge in [0.2, 0.25) is 0 Å². The van der Waals surface area contributed by atoms with Crippen LogP contribution < -0.4 is 5.32 Å². The number of pyridine rings is 1. The predicted molar refractivity (Wildman–Crippen MR) is 76.7 cm³/mol. The topological polar surface area (TPSA) is 28.2 Å². The van der Waals surface area contributed by atoms with Crippen molar-refractivity contribution in [2.75, 3.05) is 27.7 Å². The molecule has 0 aliphatic carbocycles. The van der Waals surface area contributed by atoms with Crippen molar-refractivity contribution in [2.45, 2.75) is 12.5 Å². The lowest BCUT2D eigenvalue weighted by Crippen LogP contribution is -2.23. The van der Waals surface area contributed by atoms with Gasteiger partial charge in [-0.2, -0.15) is 0 Å². The van der Waals surface area contributed by atoms with Crippen molar-refractivity contribution in [3.8, 4) is 0 Å². The average Bonchev–Trinajstić information content (AvgIpc) is 2.39. The second-order valence-electron chi connectivity index (χ2n) is 4.89. The molecule has 0 aliphatic heterocycles. The molecule has 2 rings (SSSR count). The molecule has 0 aliphatic rings. The number of aromatic nitrogens is 1. The maximum Gasteiger partial charge on any atom is 0.0702 e. The Morgan fingerprint density at radius 2 is 2.06 bits per heavy atom. The maximum atomic E-state index is 4.52. The summed E-state index contributed by atoms with van der Waals surface area (Å²) >= 11 is 0. The molecular formula is C15H21N3. The van der Waals surface area contributed by atoms with Gasteiger partial charge in [-0.1, -0.05) is 18.2 Å². The van der Waals surface area contributed by atoms with Crippen LogP contribution in [-0.4, -0.2) is 37.6 Å². The van der Waals surface area contributed by atoms with Gasteiger partial charge in [0, 0.05) is 17.6 Å². The van der Waals surface area contributed by atoms with Crippen LogP contribution >= 0.6 is 0 Å². The third-order valence-corrected chi connectivity index (χ3v) is 3.23. The van der Waals surface area contributed by atoms with E-state index in [-0.39, 0.29) is 0 Å². The van der Waals surface area contributed by atoms with E-state index < -0.39 is 0 Å². The van der Waals surface area contributed by atoms with Gasteiger partial charge < -0.3 is 10.2 Å². The van der Waals surface area contributed by atoms with Crippen molar-refractivity contribution in [2.24, 2.45) is 0 Å². The highest BCUT2D eigenvalue weighted by Gasteiger charge is 2.10. The first-order valence-corrected chi connectivity index (χ1v) is 6.37. The molecule has 0 spiro atoms. The van der Waals surface area contributed by atoms with Crippen LogP contribution in [0.1, 0.15) is 18.0 Å². The molecular weight excluding hydrogens is 222 g/mol. The molecule has 1 heterocycles. The minimum Gasteiger partial charge on any atom is -0.313 e. The molecule has 1 atom stereocenters. The average molecular weight is 243 g/mol. The number of rotatable bonds is 5. The third-order valence-electron chi connectivity index (χ3n) is 3.23. The number of benzene rings is 1. The molecule has 2 aromatic rings. The highest BCUT2D eigenvalue weighted by atomic mass is 15.1. The zero-order valence-corrected chi connectivity index (χ0v) is 11.4. The van der Waals surface area contributed by atoms with E-state index in [0.717, 1.165) is 18.5 Å². The Balaban J connectivity index is 2.22. The van der Waals surface area contributed by atoms with Gasteiger partial charge in [0.05, 0.1) is 5.52 Å². The summed E-state index contributed by atoms with van der Waals surface area (Å²) in [5.74, 6) is 0.